The third-order valence-corrected chi connectivity index (χ3v) is 3.99. The van der Waals surface area contributed by atoms with Gasteiger partial charge in [0.25, 0.3) is 5.91 Å². The molecule has 6 nitrogen and oxygen atoms in total. The van der Waals surface area contributed by atoms with Crippen LogP contribution in [0.3, 0.4) is 0 Å². The molecule has 2 heterocycles. The molecule has 3 aromatic rings. The van der Waals surface area contributed by atoms with Crippen molar-refractivity contribution in [3.05, 3.63) is 52.6 Å². The number of H-pyrrole nitrogens is 1. The maximum atomic E-state index is 12.5. The highest BCUT2D eigenvalue weighted by Crippen LogP contribution is 2.15. The average Bonchev–Trinajstić information content (AvgIpc) is 2.92. The summed E-state index contributed by atoms with van der Waals surface area (Å²) in [6.07, 6.45) is 0.682. The first-order valence-electron chi connectivity index (χ1n) is 7.99. The highest BCUT2D eigenvalue weighted by molar-refractivity contribution is 5.97. The summed E-state index contributed by atoms with van der Waals surface area (Å²) in [6.45, 7) is 7.78. The highest BCUT2D eigenvalue weighted by Gasteiger charge is 2.13. The lowest BCUT2D eigenvalue weighted by Gasteiger charge is -2.13. The Morgan fingerprint density at radius 2 is 1.83 bits per heavy atom. The molecule has 3 rings (SSSR count). The zero-order valence-electron chi connectivity index (χ0n) is 14.3. The molecule has 1 aromatic carbocycles. The number of hydrogen-bond acceptors (Lipinski definition) is 4. The van der Waals surface area contributed by atoms with E-state index in [-0.39, 0.29) is 11.9 Å². The van der Waals surface area contributed by atoms with E-state index in [4.69, 9.17) is 0 Å². The van der Waals surface area contributed by atoms with Gasteiger partial charge in [0.05, 0.1) is 28.1 Å². The van der Waals surface area contributed by atoms with Crippen LogP contribution in [0, 0.1) is 20.8 Å². The maximum Gasteiger partial charge on any atom is 0.251 e. The molecular formula is C18H21N5O. The number of carbonyl (C=O) groups is 1. The van der Waals surface area contributed by atoms with Gasteiger partial charge in [0.1, 0.15) is 0 Å². The number of aromatic nitrogens is 4. The van der Waals surface area contributed by atoms with Gasteiger partial charge in [0.2, 0.25) is 0 Å². The number of carbonyl (C=O) groups excluding carboxylic acids is 1. The molecule has 0 saturated carbocycles. The van der Waals surface area contributed by atoms with Gasteiger partial charge in [-0.2, -0.15) is 5.10 Å². The number of nitrogens with one attached hydrogen (secondary N) is 2. The molecule has 2 aromatic heterocycles. The number of amides is 1. The Hall–Kier alpha value is -2.76. The van der Waals surface area contributed by atoms with E-state index in [0.717, 1.165) is 33.8 Å². The van der Waals surface area contributed by atoms with Crippen LogP contribution in [0.25, 0.3) is 11.0 Å². The average molecular weight is 323 g/mol. The van der Waals surface area contributed by atoms with Crippen LogP contribution in [0.2, 0.25) is 0 Å². The molecule has 1 atom stereocenters. The van der Waals surface area contributed by atoms with Crippen LogP contribution in [0.15, 0.2) is 24.3 Å². The molecule has 0 bridgehead atoms. The van der Waals surface area contributed by atoms with Crippen LogP contribution >= 0.6 is 0 Å². The molecule has 1 amide bonds. The van der Waals surface area contributed by atoms with Gasteiger partial charge in [-0.1, -0.05) is 0 Å². The summed E-state index contributed by atoms with van der Waals surface area (Å²) >= 11 is 0. The molecule has 0 radical (unpaired) electrons. The third-order valence-electron chi connectivity index (χ3n) is 3.99. The van der Waals surface area contributed by atoms with Crippen molar-refractivity contribution in [1.29, 1.82) is 0 Å². The third kappa shape index (κ3) is 3.42. The van der Waals surface area contributed by atoms with Crippen molar-refractivity contribution in [2.45, 2.75) is 40.2 Å². The Morgan fingerprint density at radius 3 is 2.50 bits per heavy atom. The van der Waals surface area contributed by atoms with Crippen LogP contribution in [0.1, 0.15) is 40.1 Å². The summed E-state index contributed by atoms with van der Waals surface area (Å²) in [5, 5.41) is 10.1. The topological polar surface area (TPSA) is 83.6 Å². The fourth-order valence-corrected chi connectivity index (χ4v) is 2.62. The molecule has 0 fully saturated rings. The summed E-state index contributed by atoms with van der Waals surface area (Å²) in [6, 6.07) is 7.38. The van der Waals surface area contributed by atoms with Crippen LogP contribution in [0.4, 0.5) is 0 Å². The lowest BCUT2D eigenvalue weighted by molar-refractivity contribution is 0.0940. The van der Waals surface area contributed by atoms with Gasteiger partial charge in [-0.05, 0) is 52.0 Å². The summed E-state index contributed by atoms with van der Waals surface area (Å²) < 4.78 is 0. The highest BCUT2D eigenvalue weighted by atomic mass is 16.1. The summed E-state index contributed by atoms with van der Waals surface area (Å²) in [5.74, 6) is -0.114. The van der Waals surface area contributed by atoms with Gasteiger partial charge in [0, 0.05) is 23.7 Å². The standard InChI is InChI=1S/C18H21N5O/c1-10(7-15-8-11(2)22-23-15)19-18(24)14-5-6-16-17(9-14)21-13(4)12(3)20-16/h5-6,8-10H,7H2,1-4H3,(H,19,24)(H,22,23)/t10-/m1/s1. The second kappa shape index (κ2) is 6.39. The Morgan fingerprint density at radius 1 is 1.12 bits per heavy atom. The van der Waals surface area contributed by atoms with Crippen molar-refractivity contribution in [3.63, 3.8) is 0 Å². The molecule has 24 heavy (non-hydrogen) atoms. The second-order valence-corrected chi connectivity index (χ2v) is 6.22. The van der Waals surface area contributed by atoms with Gasteiger partial charge in [-0.3, -0.25) is 9.89 Å². The van der Waals surface area contributed by atoms with E-state index in [1.165, 1.54) is 0 Å². The first-order chi connectivity index (χ1) is 11.4. The lowest BCUT2D eigenvalue weighted by Crippen LogP contribution is -2.34. The quantitative estimate of drug-likeness (QED) is 0.773. The molecule has 0 aliphatic rings. The van der Waals surface area contributed by atoms with Crippen molar-refractivity contribution in [2.24, 2.45) is 0 Å². The molecule has 0 saturated heterocycles. The lowest BCUT2D eigenvalue weighted by atomic mass is 10.1. The Labute approximate surface area is 140 Å². The molecule has 0 unspecified atom stereocenters. The smallest absolute Gasteiger partial charge is 0.251 e. The minimum absolute atomic E-state index is 0.0123. The predicted molar refractivity (Wildman–Crippen MR) is 93.0 cm³/mol. The number of benzene rings is 1. The second-order valence-electron chi connectivity index (χ2n) is 6.22. The first-order valence-corrected chi connectivity index (χ1v) is 7.99. The number of hydrogen-bond donors (Lipinski definition) is 2. The molecule has 2 N–H and O–H groups in total. The fraction of sp³-hybridized carbons (Fsp3) is 0.333. The number of fused-ring (bicyclic) bond motifs is 1. The summed E-state index contributed by atoms with van der Waals surface area (Å²) in [5.41, 5.74) is 5.86. The van der Waals surface area contributed by atoms with Crippen molar-refractivity contribution >= 4 is 16.9 Å². The van der Waals surface area contributed by atoms with Crippen molar-refractivity contribution in [2.75, 3.05) is 0 Å². The zero-order valence-corrected chi connectivity index (χ0v) is 14.3. The van der Waals surface area contributed by atoms with Gasteiger partial charge in [-0.25, -0.2) is 9.97 Å². The van der Waals surface area contributed by atoms with E-state index >= 15 is 0 Å². The zero-order chi connectivity index (χ0) is 17.3. The summed E-state index contributed by atoms with van der Waals surface area (Å²) in [4.78, 5) is 21.5. The van der Waals surface area contributed by atoms with Crippen molar-refractivity contribution in [3.8, 4) is 0 Å². The van der Waals surface area contributed by atoms with Crippen molar-refractivity contribution in [1.82, 2.24) is 25.5 Å². The predicted octanol–water partition coefficient (Wildman–Crippen LogP) is 2.64. The van der Waals surface area contributed by atoms with E-state index in [1.54, 1.807) is 12.1 Å². The number of nitrogens with zero attached hydrogens (tertiary/aromatic N) is 3. The van der Waals surface area contributed by atoms with E-state index in [1.807, 2.05) is 39.8 Å². The SMILES string of the molecule is Cc1cc(C[C@@H](C)NC(=O)c2ccc3nc(C)c(C)nc3c2)n[nH]1. The summed E-state index contributed by atoms with van der Waals surface area (Å²) in [7, 11) is 0. The number of rotatable bonds is 4. The van der Waals surface area contributed by atoms with E-state index in [0.29, 0.717) is 12.0 Å². The van der Waals surface area contributed by atoms with E-state index < -0.39 is 0 Å². The molecule has 0 spiro atoms. The number of aromatic amines is 1. The normalized spacial score (nSPS) is 12.3. The minimum Gasteiger partial charge on any atom is -0.349 e. The van der Waals surface area contributed by atoms with Crippen LogP contribution in [-0.4, -0.2) is 32.1 Å². The van der Waals surface area contributed by atoms with Gasteiger partial charge in [-0.15, -0.1) is 0 Å². The molecule has 124 valence electrons. The van der Waals surface area contributed by atoms with Gasteiger partial charge < -0.3 is 5.32 Å². The van der Waals surface area contributed by atoms with Crippen LogP contribution < -0.4 is 5.32 Å². The van der Waals surface area contributed by atoms with Gasteiger partial charge >= 0.3 is 0 Å². The van der Waals surface area contributed by atoms with E-state index in [9.17, 15) is 4.79 Å². The Kier molecular flexibility index (Phi) is 4.29. The molecule has 0 aliphatic heterocycles. The maximum absolute atomic E-state index is 12.5. The van der Waals surface area contributed by atoms with Crippen LogP contribution in [0.5, 0.6) is 0 Å². The van der Waals surface area contributed by atoms with Crippen molar-refractivity contribution < 1.29 is 4.79 Å². The molecule has 6 heteroatoms. The first kappa shape index (κ1) is 16.1. The minimum atomic E-state index is -0.114. The van der Waals surface area contributed by atoms with Gasteiger partial charge in [0.15, 0.2) is 0 Å². The molecule has 0 aliphatic carbocycles. The van der Waals surface area contributed by atoms with Crippen LogP contribution in [-0.2, 0) is 6.42 Å². The van der Waals surface area contributed by atoms with E-state index in [2.05, 4.69) is 25.5 Å². The molecular weight excluding hydrogens is 302 g/mol. The largest absolute Gasteiger partial charge is 0.349 e. The monoisotopic (exact) mass is 323 g/mol. The Balaban J connectivity index is 1.74. The fourth-order valence-electron chi connectivity index (χ4n) is 2.62. The number of aryl methyl sites for hydroxylation is 3. The Bertz CT molecular complexity index is 900.